The first kappa shape index (κ1) is 16.2. The Kier molecular flexibility index (Phi) is 5.54. The van der Waals surface area contributed by atoms with Crippen LogP contribution in [0.1, 0.15) is 35.2 Å². The van der Waals surface area contributed by atoms with Crippen LogP contribution in [0.15, 0.2) is 40.9 Å². The van der Waals surface area contributed by atoms with Crippen molar-refractivity contribution >= 4 is 15.9 Å². The maximum absolute atomic E-state index is 13.2. The number of hydrogen-bond acceptors (Lipinski definition) is 1. The number of hydrogen-bond donors (Lipinski definition) is 1. The zero-order valence-electron chi connectivity index (χ0n) is 12.7. The van der Waals surface area contributed by atoms with Crippen LogP contribution in [-0.2, 0) is 6.42 Å². The predicted octanol–water partition coefficient (Wildman–Crippen LogP) is 5.10. The number of aryl methyl sites for hydroxylation is 2. The van der Waals surface area contributed by atoms with Gasteiger partial charge in [0, 0.05) is 10.5 Å². The summed E-state index contributed by atoms with van der Waals surface area (Å²) in [6.45, 7) is 7.30. The topological polar surface area (TPSA) is 12.0 Å². The normalized spacial score (nSPS) is 12.4. The minimum atomic E-state index is -0.210. The Morgan fingerprint density at radius 2 is 1.81 bits per heavy atom. The largest absolute Gasteiger partial charge is 0.310 e. The molecule has 0 amide bonds. The van der Waals surface area contributed by atoms with Gasteiger partial charge in [0.15, 0.2) is 0 Å². The molecule has 1 N–H and O–H groups in total. The second-order valence-corrected chi connectivity index (χ2v) is 6.21. The summed E-state index contributed by atoms with van der Waals surface area (Å²) < 4.78 is 14.1. The molecule has 2 rings (SSSR count). The van der Waals surface area contributed by atoms with Gasteiger partial charge in [-0.05, 0) is 61.2 Å². The van der Waals surface area contributed by atoms with E-state index in [2.05, 4.69) is 60.2 Å². The summed E-state index contributed by atoms with van der Waals surface area (Å²) in [4.78, 5) is 0. The van der Waals surface area contributed by atoms with Crippen LogP contribution in [0.2, 0.25) is 0 Å². The molecule has 0 fully saturated rings. The van der Waals surface area contributed by atoms with E-state index in [0.29, 0.717) is 0 Å². The number of halogens is 2. The van der Waals surface area contributed by atoms with Gasteiger partial charge in [0.2, 0.25) is 0 Å². The Labute approximate surface area is 134 Å². The van der Waals surface area contributed by atoms with Crippen LogP contribution in [0.4, 0.5) is 4.39 Å². The minimum Gasteiger partial charge on any atom is -0.310 e. The average Bonchev–Trinajstić information content (AvgIpc) is 2.41. The van der Waals surface area contributed by atoms with Crippen molar-refractivity contribution in [3.05, 3.63) is 68.9 Å². The third kappa shape index (κ3) is 3.92. The van der Waals surface area contributed by atoms with Gasteiger partial charge in [0.05, 0.1) is 0 Å². The fourth-order valence-corrected chi connectivity index (χ4v) is 3.32. The third-order valence-corrected chi connectivity index (χ3v) is 4.52. The maximum atomic E-state index is 13.2. The first-order valence-electron chi connectivity index (χ1n) is 7.26. The van der Waals surface area contributed by atoms with Gasteiger partial charge < -0.3 is 5.32 Å². The van der Waals surface area contributed by atoms with Crippen LogP contribution in [0, 0.1) is 19.7 Å². The molecule has 3 heteroatoms. The molecule has 1 nitrogen and oxygen atoms in total. The van der Waals surface area contributed by atoms with Gasteiger partial charge in [-0.1, -0.05) is 47.1 Å². The number of benzene rings is 2. The molecule has 1 atom stereocenters. The number of nitrogens with one attached hydrogen (secondary N) is 1. The first-order valence-corrected chi connectivity index (χ1v) is 8.05. The fourth-order valence-electron chi connectivity index (χ4n) is 2.81. The lowest BCUT2D eigenvalue weighted by molar-refractivity contribution is 0.543. The highest BCUT2D eigenvalue weighted by Gasteiger charge is 2.17. The molecule has 2 aromatic rings. The summed E-state index contributed by atoms with van der Waals surface area (Å²) >= 11 is 3.47. The van der Waals surface area contributed by atoms with Crippen molar-refractivity contribution in [3.8, 4) is 0 Å². The summed E-state index contributed by atoms with van der Waals surface area (Å²) in [5.74, 6) is -0.210. The van der Waals surface area contributed by atoms with Gasteiger partial charge in [-0.3, -0.25) is 0 Å². The van der Waals surface area contributed by atoms with Crippen molar-refractivity contribution in [2.24, 2.45) is 0 Å². The summed E-state index contributed by atoms with van der Waals surface area (Å²) in [7, 11) is 0. The molecule has 21 heavy (non-hydrogen) atoms. The Balaban J connectivity index is 2.35. The Bertz CT molecular complexity index is 604. The van der Waals surface area contributed by atoms with Gasteiger partial charge in [0.1, 0.15) is 5.82 Å². The summed E-state index contributed by atoms with van der Waals surface area (Å²) in [6, 6.07) is 11.5. The standard InChI is InChI=1S/C18H21BrFN/c1-4-21-17(18-12(2)6-5-7-13(18)3)10-14-8-9-15(20)11-16(14)19/h5-9,11,17,21H,4,10H2,1-3H3. The van der Waals surface area contributed by atoms with Crippen LogP contribution in [0.25, 0.3) is 0 Å². The van der Waals surface area contributed by atoms with E-state index in [0.717, 1.165) is 23.0 Å². The molecule has 1 unspecified atom stereocenters. The third-order valence-electron chi connectivity index (χ3n) is 3.78. The highest BCUT2D eigenvalue weighted by molar-refractivity contribution is 9.10. The number of likely N-dealkylation sites (N-methyl/N-ethyl adjacent to an activating group) is 1. The first-order chi connectivity index (χ1) is 10.0. The van der Waals surface area contributed by atoms with Crippen LogP contribution in [-0.4, -0.2) is 6.54 Å². The van der Waals surface area contributed by atoms with Crippen LogP contribution in [0.3, 0.4) is 0 Å². The lowest BCUT2D eigenvalue weighted by atomic mass is 9.91. The molecular weight excluding hydrogens is 329 g/mol. The Morgan fingerprint density at radius 3 is 2.38 bits per heavy atom. The lowest BCUT2D eigenvalue weighted by Gasteiger charge is -2.23. The molecule has 2 aromatic carbocycles. The second kappa shape index (κ2) is 7.19. The van der Waals surface area contributed by atoms with Gasteiger partial charge in [-0.15, -0.1) is 0 Å². The van der Waals surface area contributed by atoms with E-state index in [4.69, 9.17) is 0 Å². The van der Waals surface area contributed by atoms with Gasteiger partial charge >= 0.3 is 0 Å². The monoisotopic (exact) mass is 349 g/mol. The summed E-state index contributed by atoms with van der Waals surface area (Å²) in [5, 5.41) is 3.56. The van der Waals surface area contributed by atoms with Crippen molar-refractivity contribution in [2.45, 2.75) is 33.2 Å². The van der Waals surface area contributed by atoms with Crippen LogP contribution < -0.4 is 5.32 Å². The van der Waals surface area contributed by atoms with E-state index in [9.17, 15) is 4.39 Å². The van der Waals surface area contributed by atoms with Gasteiger partial charge in [-0.2, -0.15) is 0 Å². The molecule has 0 saturated carbocycles. The van der Waals surface area contributed by atoms with Crippen molar-refractivity contribution in [3.63, 3.8) is 0 Å². The molecule has 112 valence electrons. The molecule has 0 heterocycles. The average molecular weight is 350 g/mol. The van der Waals surface area contributed by atoms with Crippen molar-refractivity contribution in [1.82, 2.24) is 5.32 Å². The van der Waals surface area contributed by atoms with Gasteiger partial charge in [0.25, 0.3) is 0 Å². The molecule has 0 saturated heterocycles. The highest BCUT2D eigenvalue weighted by atomic mass is 79.9. The highest BCUT2D eigenvalue weighted by Crippen LogP contribution is 2.28. The summed E-state index contributed by atoms with van der Waals surface area (Å²) in [5.41, 5.74) is 5.04. The van der Waals surface area contributed by atoms with E-state index in [-0.39, 0.29) is 11.9 Å². The molecule has 0 aliphatic carbocycles. The Morgan fingerprint density at radius 1 is 1.14 bits per heavy atom. The molecule has 0 bridgehead atoms. The molecule has 0 aliphatic heterocycles. The zero-order valence-corrected chi connectivity index (χ0v) is 14.3. The van der Waals surface area contributed by atoms with E-state index in [1.165, 1.54) is 28.8 Å². The SMILES string of the molecule is CCNC(Cc1ccc(F)cc1Br)c1c(C)cccc1C. The molecule has 0 aromatic heterocycles. The van der Waals surface area contributed by atoms with Crippen LogP contribution >= 0.6 is 15.9 Å². The number of rotatable bonds is 5. The van der Waals surface area contributed by atoms with E-state index >= 15 is 0 Å². The van der Waals surface area contributed by atoms with Gasteiger partial charge in [-0.25, -0.2) is 4.39 Å². The molecular formula is C18H21BrFN. The zero-order chi connectivity index (χ0) is 15.4. The van der Waals surface area contributed by atoms with Crippen molar-refractivity contribution in [2.75, 3.05) is 6.54 Å². The second-order valence-electron chi connectivity index (χ2n) is 5.36. The smallest absolute Gasteiger partial charge is 0.124 e. The van der Waals surface area contributed by atoms with Crippen LogP contribution in [0.5, 0.6) is 0 Å². The Hall–Kier alpha value is -1.19. The summed E-state index contributed by atoms with van der Waals surface area (Å²) in [6.07, 6.45) is 0.834. The lowest BCUT2D eigenvalue weighted by Crippen LogP contribution is -2.24. The fraction of sp³-hybridized carbons (Fsp3) is 0.333. The van der Waals surface area contributed by atoms with E-state index < -0.39 is 0 Å². The predicted molar refractivity (Wildman–Crippen MR) is 90.1 cm³/mol. The maximum Gasteiger partial charge on any atom is 0.124 e. The quantitative estimate of drug-likeness (QED) is 0.791. The minimum absolute atomic E-state index is 0.210. The molecule has 0 spiro atoms. The van der Waals surface area contributed by atoms with E-state index in [1.807, 2.05) is 6.07 Å². The molecule has 0 radical (unpaired) electrons. The molecule has 0 aliphatic rings. The van der Waals surface area contributed by atoms with E-state index in [1.54, 1.807) is 0 Å². The van der Waals surface area contributed by atoms with Crippen molar-refractivity contribution < 1.29 is 4.39 Å². The van der Waals surface area contributed by atoms with Crippen molar-refractivity contribution in [1.29, 1.82) is 0 Å².